The maximum atomic E-state index is 12.6. The molecular formula is C17H18N4O3S. The van der Waals surface area contributed by atoms with E-state index in [1.165, 1.54) is 12.4 Å². The van der Waals surface area contributed by atoms with Crippen molar-refractivity contribution < 1.29 is 13.2 Å². The largest absolute Gasteiger partial charge is 0.497 e. The molecule has 3 rings (SSSR count). The highest BCUT2D eigenvalue weighted by Gasteiger charge is 2.17. The van der Waals surface area contributed by atoms with Gasteiger partial charge < -0.3 is 4.74 Å². The van der Waals surface area contributed by atoms with E-state index in [1.54, 1.807) is 49.3 Å². The fourth-order valence-electron chi connectivity index (χ4n) is 2.44. The number of aromatic nitrogens is 3. The van der Waals surface area contributed by atoms with Crippen LogP contribution >= 0.6 is 0 Å². The molecule has 1 heterocycles. The van der Waals surface area contributed by atoms with Crippen molar-refractivity contribution >= 4 is 15.7 Å². The summed E-state index contributed by atoms with van der Waals surface area (Å²) in [6.07, 6.45) is 3.10. The average Bonchev–Trinajstić information content (AvgIpc) is 3.09. The lowest BCUT2D eigenvalue weighted by Gasteiger charge is -2.12. The number of methoxy groups -OCH3 is 1. The van der Waals surface area contributed by atoms with Crippen molar-refractivity contribution in [3.8, 4) is 5.75 Å². The zero-order valence-electron chi connectivity index (χ0n) is 13.9. The molecule has 0 spiro atoms. The summed E-state index contributed by atoms with van der Waals surface area (Å²) < 4.78 is 34.6. The van der Waals surface area contributed by atoms with Crippen LogP contribution < -0.4 is 9.46 Å². The van der Waals surface area contributed by atoms with Crippen LogP contribution in [0.25, 0.3) is 0 Å². The Labute approximate surface area is 146 Å². The van der Waals surface area contributed by atoms with Crippen LogP contribution in [0.1, 0.15) is 11.1 Å². The molecule has 0 aliphatic rings. The van der Waals surface area contributed by atoms with Gasteiger partial charge >= 0.3 is 0 Å². The van der Waals surface area contributed by atoms with E-state index in [0.29, 0.717) is 23.5 Å². The number of benzene rings is 2. The smallest absolute Gasteiger partial charge is 0.262 e. The van der Waals surface area contributed by atoms with Crippen molar-refractivity contribution in [2.24, 2.45) is 0 Å². The van der Waals surface area contributed by atoms with Gasteiger partial charge in [-0.1, -0.05) is 12.1 Å². The van der Waals surface area contributed by atoms with Gasteiger partial charge in [0.2, 0.25) is 0 Å². The Bertz CT molecular complexity index is 952. The molecule has 0 saturated heterocycles. The lowest BCUT2D eigenvalue weighted by molar-refractivity contribution is 0.414. The highest BCUT2D eigenvalue weighted by molar-refractivity contribution is 7.92. The Morgan fingerprint density at radius 1 is 1.16 bits per heavy atom. The van der Waals surface area contributed by atoms with Gasteiger partial charge in [-0.2, -0.15) is 5.10 Å². The highest BCUT2D eigenvalue weighted by atomic mass is 32.2. The summed E-state index contributed by atoms with van der Waals surface area (Å²) in [6.45, 7) is 2.31. The molecule has 0 amide bonds. The van der Waals surface area contributed by atoms with Crippen LogP contribution in [0.5, 0.6) is 5.75 Å². The van der Waals surface area contributed by atoms with Crippen LogP contribution in [0.3, 0.4) is 0 Å². The normalized spacial score (nSPS) is 11.3. The van der Waals surface area contributed by atoms with Gasteiger partial charge in [0, 0.05) is 5.69 Å². The lowest BCUT2D eigenvalue weighted by atomic mass is 10.2. The van der Waals surface area contributed by atoms with Crippen molar-refractivity contribution in [2.75, 3.05) is 11.8 Å². The first-order valence-corrected chi connectivity index (χ1v) is 9.05. The Morgan fingerprint density at radius 3 is 2.52 bits per heavy atom. The number of hydrogen-bond donors (Lipinski definition) is 1. The van der Waals surface area contributed by atoms with Crippen molar-refractivity contribution in [3.63, 3.8) is 0 Å². The summed E-state index contributed by atoms with van der Waals surface area (Å²) >= 11 is 0. The van der Waals surface area contributed by atoms with Gasteiger partial charge in [-0.25, -0.2) is 18.1 Å². The number of hydrogen-bond acceptors (Lipinski definition) is 5. The number of sulfonamides is 1. The van der Waals surface area contributed by atoms with Gasteiger partial charge in [0.05, 0.1) is 18.6 Å². The molecule has 2 aromatic carbocycles. The SMILES string of the molecule is COc1ccc(S(=O)(=O)Nc2ccc(Cn3cncn3)cc2)c(C)c1. The van der Waals surface area contributed by atoms with E-state index < -0.39 is 10.0 Å². The minimum atomic E-state index is -3.66. The molecule has 1 aromatic heterocycles. The summed E-state index contributed by atoms with van der Waals surface area (Å²) in [7, 11) is -2.12. The van der Waals surface area contributed by atoms with E-state index in [9.17, 15) is 8.42 Å². The van der Waals surface area contributed by atoms with Crippen LogP contribution in [0.4, 0.5) is 5.69 Å². The molecule has 3 aromatic rings. The Hall–Kier alpha value is -2.87. The van der Waals surface area contributed by atoms with Crippen molar-refractivity contribution in [1.82, 2.24) is 14.8 Å². The van der Waals surface area contributed by atoms with Crippen LogP contribution in [0, 0.1) is 6.92 Å². The first-order chi connectivity index (χ1) is 12.0. The van der Waals surface area contributed by atoms with Gasteiger partial charge in [-0.15, -0.1) is 0 Å². The van der Waals surface area contributed by atoms with Gasteiger partial charge in [-0.3, -0.25) is 4.72 Å². The average molecular weight is 358 g/mol. The second-order valence-corrected chi connectivity index (χ2v) is 7.18. The van der Waals surface area contributed by atoms with Gasteiger partial charge in [0.15, 0.2) is 0 Å². The number of aryl methyl sites for hydroxylation is 1. The molecule has 0 fully saturated rings. The molecule has 1 N–H and O–H groups in total. The molecule has 0 aliphatic carbocycles. The van der Waals surface area contributed by atoms with E-state index in [1.807, 2.05) is 12.1 Å². The predicted molar refractivity (Wildman–Crippen MR) is 94.1 cm³/mol. The number of anilines is 1. The van der Waals surface area contributed by atoms with E-state index >= 15 is 0 Å². The third kappa shape index (κ3) is 3.97. The third-order valence-corrected chi connectivity index (χ3v) is 5.23. The van der Waals surface area contributed by atoms with Crippen LogP contribution in [0.15, 0.2) is 60.0 Å². The van der Waals surface area contributed by atoms with E-state index in [0.717, 1.165) is 5.56 Å². The molecule has 0 radical (unpaired) electrons. The summed E-state index contributed by atoms with van der Waals surface area (Å²) in [5, 5.41) is 4.04. The first kappa shape index (κ1) is 17.0. The maximum absolute atomic E-state index is 12.6. The first-order valence-electron chi connectivity index (χ1n) is 7.57. The zero-order valence-corrected chi connectivity index (χ0v) is 14.7. The van der Waals surface area contributed by atoms with E-state index in [4.69, 9.17) is 4.74 Å². The summed E-state index contributed by atoms with van der Waals surface area (Å²) in [5.74, 6) is 0.619. The Kier molecular flexibility index (Phi) is 4.71. The van der Waals surface area contributed by atoms with Crippen molar-refractivity contribution in [1.29, 1.82) is 0 Å². The second kappa shape index (κ2) is 6.94. The molecule has 7 nitrogen and oxygen atoms in total. The molecule has 0 bridgehead atoms. The minimum absolute atomic E-state index is 0.222. The van der Waals surface area contributed by atoms with Gasteiger partial charge in [0.25, 0.3) is 10.0 Å². The molecule has 8 heteroatoms. The number of rotatable bonds is 6. The summed E-state index contributed by atoms with van der Waals surface area (Å²) in [6, 6.07) is 12.0. The molecule has 0 saturated carbocycles. The Morgan fingerprint density at radius 2 is 1.92 bits per heavy atom. The van der Waals surface area contributed by atoms with Gasteiger partial charge in [0.1, 0.15) is 18.4 Å². The zero-order chi connectivity index (χ0) is 17.9. The van der Waals surface area contributed by atoms with E-state index in [-0.39, 0.29) is 4.90 Å². The third-order valence-electron chi connectivity index (χ3n) is 3.69. The molecule has 25 heavy (non-hydrogen) atoms. The van der Waals surface area contributed by atoms with Gasteiger partial charge in [-0.05, 0) is 48.4 Å². The van der Waals surface area contributed by atoms with Crippen LogP contribution in [0.2, 0.25) is 0 Å². The molecule has 0 unspecified atom stereocenters. The lowest BCUT2D eigenvalue weighted by Crippen LogP contribution is -2.14. The predicted octanol–water partition coefficient (Wildman–Crippen LogP) is 2.44. The highest BCUT2D eigenvalue weighted by Crippen LogP contribution is 2.23. The summed E-state index contributed by atoms with van der Waals surface area (Å²) in [4.78, 5) is 4.11. The van der Waals surface area contributed by atoms with Crippen LogP contribution in [-0.2, 0) is 16.6 Å². The molecule has 130 valence electrons. The monoisotopic (exact) mass is 358 g/mol. The quantitative estimate of drug-likeness (QED) is 0.731. The Balaban J connectivity index is 1.76. The fraction of sp³-hybridized carbons (Fsp3) is 0.176. The topological polar surface area (TPSA) is 86.1 Å². The fourth-order valence-corrected chi connectivity index (χ4v) is 3.73. The van der Waals surface area contributed by atoms with Crippen LogP contribution in [-0.4, -0.2) is 30.3 Å². The standard InChI is InChI=1S/C17H18N4O3S/c1-13-9-16(24-2)7-8-17(13)25(22,23)20-15-5-3-14(4-6-15)10-21-12-18-11-19-21/h3-9,11-12,20H,10H2,1-2H3. The van der Waals surface area contributed by atoms with Crippen molar-refractivity contribution in [3.05, 3.63) is 66.2 Å². The minimum Gasteiger partial charge on any atom is -0.497 e. The maximum Gasteiger partial charge on any atom is 0.262 e. The molecule has 0 aliphatic heterocycles. The van der Waals surface area contributed by atoms with E-state index in [2.05, 4.69) is 14.8 Å². The number of nitrogens with one attached hydrogen (secondary N) is 1. The second-order valence-electron chi connectivity index (χ2n) is 5.53. The number of nitrogens with zero attached hydrogens (tertiary/aromatic N) is 3. The molecule has 0 atom stereocenters. The van der Waals surface area contributed by atoms with Crippen molar-refractivity contribution in [2.45, 2.75) is 18.4 Å². The molecular weight excluding hydrogens is 340 g/mol. The summed E-state index contributed by atoms with van der Waals surface area (Å²) in [5.41, 5.74) is 2.11. The number of ether oxygens (including phenoxy) is 1.